The third-order valence-corrected chi connectivity index (χ3v) is 9.29. The Kier molecular flexibility index (Phi) is 10.2. The summed E-state index contributed by atoms with van der Waals surface area (Å²) in [7, 11) is 0. The Morgan fingerprint density at radius 3 is 2.55 bits per heavy atom. The van der Waals surface area contributed by atoms with Gasteiger partial charge in [0.15, 0.2) is 15.8 Å². The van der Waals surface area contributed by atoms with Gasteiger partial charge in [0.05, 0.1) is 24.8 Å². The third kappa shape index (κ3) is 6.74. The van der Waals surface area contributed by atoms with Gasteiger partial charge in [0, 0.05) is 16.3 Å². The highest BCUT2D eigenvalue weighted by Gasteiger charge is 2.48. The van der Waals surface area contributed by atoms with Crippen LogP contribution in [-0.2, 0) is 15.3 Å². The smallest absolute Gasteiger partial charge is 0.301 e. The second-order valence-corrected chi connectivity index (χ2v) is 12.3. The maximum Gasteiger partial charge on any atom is 0.301 e. The molecular weight excluding hydrogens is 625 g/mol. The van der Waals surface area contributed by atoms with Crippen LogP contribution >= 0.6 is 34.7 Å². The lowest BCUT2D eigenvalue weighted by Gasteiger charge is -2.23. The van der Waals surface area contributed by atoms with E-state index in [9.17, 15) is 19.1 Å². The molecule has 1 fully saturated rings. The van der Waals surface area contributed by atoms with Crippen molar-refractivity contribution in [3.05, 3.63) is 99.8 Å². The Morgan fingerprint density at radius 2 is 1.82 bits per heavy atom. The molecule has 1 saturated heterocycles. The average Bonchev–Trinajstić information content (AvgIpc) is 3.59. The first-order valence-corrected chi connectivity index (χ1v) is 16.2. The van der Waals surface area contributed by atoms with Crippen LogP contribution < -0.4 is 14.4 Å². The number of rotatable bonds is 12. The molecule has 1 aliphatic rings. The molecule has 0 bridgehead atoms. The van der Waals surface area contributed by atoms with Gasteiger partial charge in [0.1, 0.15) is 11.6 Å². The summed E-state index contributed by atoms with van der Waals surface area (Å²) in [5.74, 6) is -1.24. The number of halogens is 2. The number of aliphatic hydroxyl groups is 1. The first-order chi connectivity index (χ1) is 21.3. The zero-order chi connectivity index (χ0) is 31.2. The number of aliphatic hydroxyl groups excluding tert-OH is 1. The van der Waals surface area contributed by atoms with Gasteiger partial charge in [0.2, 0.25) is 5.13 Å². The number of Topliss-reactive ketones (excluding diaryl/α,β-unsaturated/α-hetero) is 1. The van der Waals surface area contributed by atoms with Crippen LogP contribution in [0.2, 0.25) is 5.02 Å². The quantitative estimate of drug-likeness (QED) is 0.0412. The fraction of sp³-hybridized carbons (Fsp3) is 0.250. The second kappa shape index (κ2) is 14.2. The standard InChI is InChI=1S/C32H29ClFN3O5S2/c1-3-5-16-42-24-15-12-20(17-25(24)41-4-2)27-26(28(38)19-10-13-22(34)14-11-19)29(39)30(40)37(27)31-35-36-32(44-31)43-18-21-8-6-7-9-23(21)33/h6-15,17,27,38H,3-5,16,18H2,1-2H3. The van der Waals surface area contributed by atoms with Crippen LogP contribution in [0.1, 0.15) is 49.4 Å². The lowest BCUT2D eigenvalue weighted by molar-refractivity contribution is -0.132. The molecule has 1 unspecified atom stereocenters. The molecule has 1 atom stereocenters. The monoisotopic (exact) mass is 653 g/mol. The molecule has 4 aromatic rings. The van der Waals surface area contributed by atoms with E-state index < -0.39 is 29.3 Å². The van der Waals surface area contributed by atoms with Gasteiger partial charge in [-0.15, -0.1) is 10.2 Å². The molecule has 1 aromatic heterocycles. The fourth-order valence-corrected chi connectivity index (χ4v) is 6.78. The minimum absolute atomic E-state index is 0.163. The highest BCUT2D eigenvalue weighted by atomic mass is 35.5. The normalized spacial score (nSPS) is 16.0. The number of aromatic nitrogens is 2. The number of thioether (sulfide) groups is 1. The van der Waals surface area contributed by atoms with Gasteiger partial charge in [-0.2, -0.15) is 0 Å². The van der Waals surface area contributed by atoms with Gasteiger partial charge in [-0.3, -0.25) is 14.5 Å². The van der Waals surface area contributed by atoms with E-state index >= 15 is 0 Å². The maximum atomic E-state index is 13.7. The van der Waals surface area contributed by atoms with E-state index in [4.69, 9.17) is 21.1 Å². The van der Waals surface area contributed by atoms with Crippen LogP contribution in [0.5, 0.6) is 11.5 Å². The topological polar surface area (TPSA) is 102 Å². The summed E-state index contributed by atoms with van der Waals surface area (Å²) in [5.41, 5.74) is 1.43. The van der Waals surface area contributed by atoms with Gasteiger partial charge in [-0.25, -0.2) is 4.39 Å². The van der Waals surface area contributed by atoms with Crippen molar-refractivity contribution in [2.24, 2.45) is 0 Å². The highest BCUT2D eigenvalue weighted by Crippen LogP contribution is 2.45. The molecule has 228 valence electrons. The van der Waals surface area contributed by atoms with Crippen molar-refractivity contribution in [3.63, 3.8) is 0 Å². The molecule has 0 saturated carbocycles. The summed E-state index contributed by atoms with van der Waals surface area (Å²) in [6.45, 7) is 4.75. The van der Waals surface area contributed by atoms with Crippen molar-refractivity contribution >= 4 is 57.3 Å². The summed E-state index contributed by atoms with van der Waals surface area (Å²) < 4.78 is 26.0. The molecule has 1 aliphatic heterocycles. The number of ketones is 1. The van der Waals surface area contributed by atoms with E-state index in [0.717, 1.165) is 29.7 Å². The average molecular weight is 654 g/mol. The summed E-state index contributed by atoms with van der Waals surface area (Å²) >= 11 is 8.84. The molecular formula is C32H29ClFN3O5S2. The van der Waals surface area contributed by atoms with Crippen molar-refractivity contribution in [3.8, 4) is 11.5 Å². The zero-order valence-corrected chi connectivity index (χ0v) is 26.3. The molecule has 0 spiro atoms. The number of hydrogen-bond acceptors (Lipinski definition) is 9. The number of amides is 1. The Bertz CT molecular complexity index is 1700. The molecule has 2 heterocycles. The van der Waals surface area contributed by atoms with Crippen LogP contribution in [0.4, 0.5) is 9.52 Å². The van der Waals surface area contributed by atoms with Crippen LogP contribution in [0.15, 0.2) is 76.6 Å². The Labute approximate surface area is 267 Å². The van der Waals surface area contributed by atoms with Gasteiger partial charge in [-0.05, 0) is 66.9 Å². The van der Waals surface area contributed by atoms with Gasteiger partial charge in [0.25, 0.3) is 5.78 Å². The summed E-state index contributed by atoms with van der Waals surface area (Å²) in [6.07, 6.45) is 1.82. The first-order valence-electron chi connectivity index (χ1n) is 14.0. The van der Waals surface area contributed by atoms with Crippen LogP contribution in [-0.4, -0.2) is 40.2 Å². The number of anilines is 1. The van der Waals surface area contributed by atoms with E-state index in [-0.39, 0.29) is 16.3 Å². The SMILES string of the molecule is CCCCOc1ccc(C2C(=C(O)c3ccc(F)cc3)C(=O)C(=O)N2c2nnc(SCc3ccccc3Cl)s2)cc1OCC. The minimum Gasteiger partial charge on any atom is -0.507 e. The molecule has 12 heteroatoms. The number of unbranched alkanes of at least 4 members (excludes halogenated alkanes) is 1. The largest absolute Gasteiger partial charge is 0.507 e. The number of carbonyl (C=O) groups excluding carboxylic acids is 2. The van der Waals surface area contributed by atoms with Crippen LogP contribution in [0.3, 0.4) is 0 Å². The van der Waals surface area contributed by atoms with Gasteiger partial charge in [-0.1, -0.05) is 72.3 Å². The molecule has 0 radical (unpaired) electrons. The number of hydrogen-bond donors (Lipinski definition) is 1. The molecule has 1 amide bonds. The predicted octanol–water partition coefficient (Wildman–Crippen LogP) is 7.83. The first kappa shape index (κ1) is 31.5. The number of ether oxygens (including phenoxy) is 2. The van der Waals surface area contributed by atoms with E-state index in [1.165, 1.54) is 40.9 Å². The van der Waals surface area contributed by atoms with Crippen LogP contribution in [0, 0.1) is 5.82 Å². The summed E-state index contributed by atoms with van der Waals surface area (Å²) in [5, 5.41) is 20.7. The third-order valence-electron chi connectivity index (χ3n) is 6.81. The van der Waals surface area contributed by atoms with E-state index in [1.54, 1.807) is 24.3 Å². The summed E-state index contributed by atoms with van der Waals surface area (Å²) in [6, 6.07) is 16.6. The lowest BCUT2D eigenvalue weighted by atomic mass is 9.95. The van der Waals surface area contributed by atoms with E-state index in [0.29, 0.717) is 45.4 Å². The van der Waals surface area contributed by atoms with Crippen molar-refractivity contribution in [2.45, 2.75) is 42.8 Å². The molecule has 1 N–H and O–H groups in total. The Morgan fingerprint density at radius 1 is 1.05 bits per heavy atom. The molecule has 8 nitrogen and oxygen atoms in total. The van der Waals surface area contributed by atoms with Crippen molar-refractivity contribution < 1.29 is 28.6 Å². The summed E-state index contributed by atoms with van der Waals surface area (Å²) in [4.78, 5) is 28.4. The number of carbonyl (C=O) groups is 2. The van der Waals surface area contributed by atoms with E-state index in [2.05, 4.69) is 17.1 Å². The van der Waals surface area contributed by atoms with Crippen molar-refractivity contribution in [1.82, 2.24) is 10.2 Å². The minimum atomic E-state index is -1.07. The predicted molar refractivity (Wildman–Crippen MR) is 170 cm³/mol. The molecule has 0 aliphatic carbocycles. The van der Waals surface area contributed by atoms with Crippen molar-refractivity contribution in [1.29, 1.82) is 0 Å². The second-order valence-electron chi connectivity index (χ2n) is 9.75. The molecule has 5 rings (SSSR count). The van der Waals surface area contributed by atoms with E-state index in [1.807, 2.05) is 25.1 Å². The van der Waals surface area contributed by atoms with Gasteiger partial charge >= 0.3 is 5.91 Å². The molecule has 3 aromatic carbocycles. The Hall–Kier alpha value is -3.93. The fourth-order valence-electron chi connectivity index (χ4n) is 4.63. The van der Waals surface area contributed by atoms with Crippen LogP contribution in [0.25, 0.3) is 5.76 Å². The Balaban J connectivity index is 1.57. The highest BCUT2D eigenvalue weighted by molar-refractivity contribution is 8.00. The number of nitrogens with zero attached hydrogens (tertiary/aromatic N) is 3. The zero-order valence-electron chi connectivity index (χ0n) is 24.0. The maximum absolute atomic E-state index is 13.7. The van der Waals surface area contributed by atoms with Crippen molar-refractivity contribution in [2.75, 3.05) is 18.1 Å². The number of benzene rings is 3. The van der Waals surface area contributed by atoms with Gasteiger partial charge < -0.3 is 14.6 Å². The molecule has 44 heavy (non-hydrogen) atoms. The lowest BCUT2D eigenvalue weighted by Crippen LogP contribution is -2.29.